The van der Waals surface area contributed by atoms with Gasteiger partial charge < -0.3 is 10.6 Å². The third-order valence-electron chi connectivity index (χ3n) is 3.22. The fourth-order valence-electron chi connectivity index (χ4n) is 2.16. The Morgan fingerprint density at radius 3 is 2.60 bits per heavy atom. The highest BCUT2D eigenvalue weighted by Gasteiger charge is 2.11. The molecule has 0 bridgehead atoms. The van der Waals surface area contributed by atoms with E-state index in [-0.39, 0.29) is 5.84 Å². The number of anilines is 1. The number of nitrogens with one attached hydrogen (secondary N) is 1. The van der Waals surface area contributed by atoms with Gasteiger partial charge in [-0.05, 0) is 36.2 Å². The minimum Gasteiger partial charge on any atom is -0.384 e. The summed E-state index contributed by atoms with van der Waals surface area (Å²) < 4.78 is 0. The maximum absolute atomic E-state index is 7.64. The van der Waals surface area contributed by atoms with Crippen LogP contribution in [0.4, 0.5) is 5.69 Å². The van der Waals surface area contributed by atoms with E-state index in [2.05, 4.69) is 0 Å². The van der Waals surface area contributed by atoms with Crippen LogP contribution in [0, 0.1) is 12.3 Å². The van der Waals surface area contributed by atoms with E-state index < -0.39 is 0 Å². The quantitative estimate of drug-likeness (QED) is 0.667. The van der Waals surface area contributed by atoms with Crippen molar-refractivity contribution in [3.63, 3.8) is 0 Å². The number of halogens is 1. The second kappa shape index (κ2) is 5.97. The second-order valence-corrected chi connectivity index (χ2v) is 5.29. The van der Waals surface area contributed by atoms with E-state index in [1.807, 2.05) is 61.3 Å². The molecule has 0 amide bonds. The lowest BCUT2D eigenvalue weighted by Crippen LogP contribution is -2.22. The van der Waals surface area contributed by atoms with Crippen molar-refractivity contribution in [2.45, 2.75) is 13.5 Å². The molecule has 0 spiro atoms. The first-order chi connectivity index (χ1) is 9.49. The highest BCUT2D eigenvalue weighted by atomic mass is 35.5. The molecule has 0 unspecified atom stereocenters. The maximum Gasteiger partial charge on any atom is 0.124 e. The van der Waals surface area contributed by atoms with Crippen molar-refractivity contribution in [2.75, 3.05) is 11.9 Å². The Kier molecular flexibility index (Phi) is 4.30. The van der Waals surface area contributed by atoms with E-state index >= 15 is 0 Å². The summed E-state index contributed by atoms with van der Waals surface area (Å²) in [6, 6.07) is 13.7. The minimum atomic E-state index is 0.0717. The average molecular weight is 288 g/mol. The van der Waals surface area contributed by atoms with Gasteiger partial charge in [-0.15, -0.1) is 0 Å². The first kappa shape index (κ1) is 14.4. The lowest BCUT2D eigenvalue weighted by Gasteiger charge is -2.22. The molecule has 0 aliphatic rings. The third kappa shape index (κ3) is 3.11. The van der Waals surface area contributed by atoms with Crippen molar-refractivity contribution < 1.29 is 0 Å². The average Bonchev–Trinajstić information content (AvgIpc) is 2.41. The summed E-state index contributed by atoms with van der Waals surface area (Å²) in [5.41, 5.74) is 9.49. The molecule has 20 heavy (non-hydrogen) atoms. The van der Waals surface area contributed by atoms with E-state index in [0.29, 0.717) is 6.54 Å². The van der Waals surface area contributed by atoms with Crippen LogP contribution in [-0.2, 0) is 6.54 Å². The van der Waals surface area contributed by atoms with Gasteiger partial charge in [0.2, 0.25) is 0 Å². The number of nitrogens with zero attached hydrogens (tertiary/aromatic N) is 1. The monoisotopic (exact) mass is 287 g/mol. The first-order valence-electron chi connectivity index (χ1n) is 6.38. The van der Waals surface area contributed by atoms with Crippen molar-refractivity contribution in [1.82, 2.24) is 0 Å². The lowest BCUT2D eigenvalue weighted by molar-refractivity contribution is 0.920. The molecular formula is C16H18ClN3. The zero-order valence-corrected chi connectivity index (χ0v) is 12.4. The minimum absolute atomic E-state index is 0.0717. The molecule has 0 fully saturated rings. The van der Waals surface area contributed by atoms with Crippen molar-refractivity contribution in [2.24, 2.45) is 5.73 Å². The lowest BCUT2D eigenvalue weighted by atomic mass is 10.1. The van der Waals surface area contributed by atoms with E-state index in [1.165, 1.54) is 0 Å². The highest BCUT2D eigenvalue weighted by molar-refractivity contribution is 6.31. The second-order valence-electron chi connectivity index (χ2n) is 4.88. The zero-order valence-electron chi connectivity index (χ0n) is 11.7. The largest absolute Gasteiger partial charge is 0.384 e. The fraction of sp³-hybridized carbons (Fsp3) is 0.188. The van der Waals surface area contributed by atoms with Crippen LogP contribution in [-0.4, -0.2) is 12.9 Å². The first-order valence-corrected chi connectivity index (χ1v) is 6.76. The topological polar surface area (TPSA) is 53.1 Å². The van der Waals surface area contributed by atoms with Gasteiger partial charge in [0.15, 0.2) is 0 Å². The van der Waals surface area contributed by atoms with Crippen molar-refractivity contribution in [3.8, 4) is 0 Å². The van der Waals surface area contributed by atoms with Crippen LogP contribution in [0.25, 0.3) is 0 Å². The van der Waals surface area contributed by atoms with Crippen molar-refractivity contribution >= 4 is 23.1 Å². The molecule has 104 valence electrons. The van der Waals surface area contributed by atoms with Gasteiger partial charge in [0.25, 0.3) is 0 Å². The smallest absolute Gasteiger partial charge is 0.124 e. The van der Waals surface area contributed by atoms with Gasteiger partial charge in [-0.2, -0.15) is 0 Å². The fourth-order valence-corrected chi connectivity index (χ4v) is 2.45. The maximum atomic E-state index is 7.64. The number of benzene rings is 2. The van der Waals surface area contributed by atoms with Crippen molar-refractivity contribution in [1.29, 1.82) is 5.41 Å². The number of amidine groups is 1. The summed E-state index contributed by atoms with van der Waals surface area (Å²) in [6.45, 7) is 2.69. The van der Waals surface area contributed by atoms with Gasteiger partial charge in [-0.1, -0.05) is 35.9 Å². The van der Waals surface area contributed by atoms with Gasteiger partial charge in [0.05, 0.1) is 0 Å². The molecule has 0 heterocycles. The molecule has 3 N–H and O–H groups in total. The van der Waals surface area contributed by atoms with E-state index in [4.69, 9.17) is 22.7 Å². The van der Waals surface area contributed by atoms with Crippen LogP contribution >= 0.6 is 11.6 Å². The van der Waals surface area contributed by atoms with Gasteiger partial charge in [-0.3, -0.25) is 5.41 Å². The Bertz CT molecular complexity index is 637. The van der Waals surface area contributed by atoms with E-state index in [1.54, 1.807) is 0 Å². The number of para-hydroxylation sites is 1. The normalized spacial score (nSPS) is 10.3. The molecule has 0 atom stereocenters. The summed E-state index contributed by atoms with van der Waals surface area (Å²) >= 11 is 6.27. The van der Waals surface area contributed by atoms with Crippen LogP contribution < -0.4 is 10.6 Å². The number of rotatable bonds is 4. The SMILES string of the molecule is Cc1ccc(CN(C)c2ccccc2C(=N)N)c(Cl)c1. The summed E-state index contributed by atoms with van der Waals surface area (Å²) in [4.78, 5) is 2.05. The molecule has 0 saturated heterocycles. The molecular weight excluding hydrogens is 270 g/mol. The molecule has 4 heteroatoms. The third-order valence-corrected chi connectivity index (χ3v) is 3.57. The Balaban J connectivity index is 2.28. The zero-order chi connectivity index (χ0) is 14.7. The number of hydrogen-bond donors (Lipinski definition) is 2. The molecule has 3 nitrogen and oxygen atoms in total. The van der Waals surface area contributed by atoms with E-state index in [0.717, 1.165) is 27.4 Å². The number of aryl methyl sites for hydroxylation is 1. The standard InChI is InChI=1S/C16H18ClN3/c1-11-7-8-12(14(17)9-11)10-20(2)15-6-4-3-5-13(15)16(18)19/h3-9H,10H2,1-2H3,(H3,18,19). The molecule has 2 aromatic carbocycles. The van der Waals surface area contributed by atoms with Crippen LogP contribution in [0.5, 0.6) is 0 Å². The predicted molar refractivity (Wildman–Crippen MR) is 85.8 cm³/mol. The Labute approximate surface area is 124 Å². The van der Waals surface area contributed by atoms with Crippen LogP contribution in [0.1, 0.15) is 16.7 Å². The predicted octanol–water partition coefficient (Wildman–Crippen LogP) is 3.57. The van der Waals surface area contributed by atoms with Crippen LogP contribution in [0.2, 0.25) is 5.02 Å². The van der Waals surface area contributed by atoms with Gasteiger partial charge in [0.1, 0.15) is 5.84 Å². The summed E-state index contributed by atoms with van der Waals surface area (Å²) in [5.74, 6) is 0.0717. The summed E-state index contributed by atoms with van der Waals surface area (Å²) in [6.07, 6.45) is 0. The number of nitrogens with two attached hydrogens (primary N) is 1. The van der Waals surface area contributed by atoms with Crippen LogP contribution in [0.3, 0.4) is 0 Å². The molecule has 0 aliphatic heterocycles. The molecule has 2 rings (SSSR count). The number of nitrogen functional groups attached to an aromatic ring is 1. The Morgan fingerprint density at radius 1 is 1.25 bits per heavy atom. The molecule has 0 aromatic heterocycles. The molecule has 0 radical (unpaired) electrons. The van der Waals surface area contributed by atoms with Gasteiger partial charge in [0, 0.05) is 29.9 Å². The number of hydrogen-bond acceptors (Lipinski definition) is 2. The van der Waals surface area contributed by atoms with Crippen molar-refractivity contribution in [3.05, 3.63) is 64.2 Å². The molecule has 0 aliphatic carbocycles. The molecule has 0 saturated carbocycles. The van der Waals surface area contributed by atoms with Gasteiger partial charge >= 0.3 is 0 Å². The van der Waals surface area contributed by atoms with Gasteiger partial charge in [-0.25, -0.2) is 0 Å². The van der Waals surface area contributed by atoms with E-state index in [9.17, 15) is 0 Å². The summed E-state index contributed by atoms with van der Waals surface area (Å²) in [7, 11) is 1.97. The Morgan fingerprint density at radius 2 is 1.95 bits per heavy atom. The Hall–Kier alpha value is -2.00. The highest BCUT2D eigenvalue weighted by Crippen LogP contribution is 2.24. The summed E-state index contributed by atoms with van der Waals surface area (Å²) in [5, 5.41) is 8.41. The van der Waals surface area contributed by atoms with Crippen LogP contribution in [0.15, 0.2) is 42.5 Å². The molecule has 2 aromatic rings.